The van der Waals surface area contributed by atoms with E-state index in [0.29, 0.717) is 29.5 Å². The Labute approximate surface area is 145 Å². The highest BCUT2D eigenvalue weighted by Crippen LogP contribution is 2.19. The van der Waals surface area contributed by atoms with Gasteiger partial charge in [0.05, 0.1) is 6.54 Å². The third-order valence-electron chi connectivity index (χ3n) is 4.66. The number of benzene rings is 1. The number of rotatable bonds is 0. The van der Waals surface area contributed by atoms with E-state index in [2.05, 4.69) is 38.5 Å². The van der Waals surface area contributed by atoms with Crippen molar-refractivity contribution in [2.24, 2.45) is 0 Å². The van der Waals surface area contributed by atoms with Crippen LogP contribution in [-0.4, -0.2) is 26.1 Å². The molecule has 0 unspecified atom stereocenters. The Balaban J connectivity index is 1.82. The van der Waals surface area contributed by atoms with E-state index >= 15 is 0 Å². The van der Waals surface area contributed by atoms with Crippen LogP contribution >= 0.6 is 0 Å². The molecule has 4 bridgehead atoms. The van der Waals surface area contributed by atoms with E-state index in [1.807, 2.05) is 6.07 Å². The molecule has 0 atom stereocenters. The van der Waals surface area contributed by atoms with Crippen LogP contribution in [0.3, 0.4) is 0 Å². The number of fused-ring (bicyclic) bond motifs is 3. The predicted molar refractivity (Wildman–Crippen MR) is 98.8 cm³/mol. The molecule has 0 fully saturated rings. The molecule has 1 aliphatic heterocycles. The lowest BCUT2D eigenvalue weighted by Gasteiger charge is -2.07. The molecule has 1 aromatic carbocycles. The maximum absolute atomic E-state index is 12.4. The van der Waals surface area contributed by atoms with Crippen molar-refractivity contribution >= 4 is 22.9 Å². The van der Waals surface area contributed by atoms with Crippen LogP contribution in [-0.2, 0) is 13.0 Å². The molecule has 0 amide bonds. The number of anilines is 2. The van der Waals surface area contributed by atoms with Gasteiger partial charge in [0.15, 0.2) is 11.5 Å². The summed E-state index contributed by atoms with van der Waals surface area (Å²) in [6.45, 7) is 1.26. The second-order valence-corrected chi connectivity index (χ2v) is 6.56. The van der Waals surface area contributed by atoms with Gasteiger partial charge in [-0.2, -0.15) is 9.97 Å². The second kappa shape index (κ2) is 6.58. The van der Waals surface area contributed by atoms with Crippen molar-refractivity contribution in [2.75, 3.05) is 17.6 Å². The fourth-order valence-corrected chi connectivity index (χ4v) is 3.35. The highest BCUT2D eigenvalue weighted by molar-refractivity contribution is 5.82. The first-order valence-electron chi connectivity index (χ1n) is 8.78. The zero-order chi connectivity index (χ0) is 17.2. The van der Waals surface area contributed by atoms with Gasteiger partial charge in [-0.25, -0.2) is 4.79 Å². The number of nitrogens with two attached hydrogens (primary N) is 1. The Hall–Kier alpha value is -2.83. The fraction of sp³-hybridized carbons (Fsp3) is 0.389. The van der Waals surface area contributed by atoms with E-state index in [9.17, 15) is 4.79 Å². The molecule has 3 aromatic rings. The summed E-state index contributed by atoms with van der Waals surface area (Å²) in [6, 6.07) is 8.42. The maximum Gasteiger partial charge on any atom is 0.328 e. The lowest BCUT2D eigenvalue weighted by Crippen LogP contribution is -2.18. The topological polar surface area (TPSA) is 102 Å². The van der Waals surface area contributed by atoms with Gasteiger partial charge in [0.25, 0.3) is 0 Å². The summed E-state index contributed by atoms with van der Waals surface area (Å²) in [4.78, 5) is 24.0. The van der Waals surface area contributed by atoms with Gasteiger partial charge in [0.2, 0.25) is 5.95 Å². The normalized spacial score (nSPS) is 15.5. The first kappa shape index (κ1) is 15.7. The predicted octanol–water partition coefficient (Wildman–Crippen LogP) is 2.28. The monoisotopic (exact) mass is 338 g/mol. The van der Waals surface area contributed by atoms with Crippen LogP contribution in [0.2, 0.25) is 0 Å². The molecule has 0 saturated carbocycles. The second-order valence-electron chi connectivity index (χ2n) is 6.56. The Morgan fingerprint density at radius 3 is 2.84 bits per heavy atom. The smallest absolute Gasteiger partial charge is 0.328 e. The highest BCUT2D eigenvalue weighted by Gasteiger charge is 2.14. The molecule has 4 N–H and O–H groups in total. The molecular formula is C18H22N6O. The van der Waals surface area contributed by atoms with Gasteiger partial charge in [0, 0.05) is 6.54 Å². The van der Waals surface area contributed by atoms with E-state index in [0.717, 1.165) is 24.9 Å². The van der Waals surface area contributed by atoms with Crippen molar-refractivity contribution in [1.29, 1.82) is 0 Å². The molecule has 0 radical (unpaired) electrons. The molecule has 25 heavy (non-hydrogen) atoms. The first-order valence-corrected chi connectivity index (χ1v) is 8.78. The van der Waals surface area contributed by atoms with E-state index in [1.54, 1.807) is 4.57 Å². The molecule has 130 valence electrons. The lowest BCUT2D eigenvalue weighted by atomic mass is 10.0. The molecule has 7 nitrogen and oxygen atoms in total. The number of aromatic amines is 1. The van der Waals surface area contributed by atoms with Crippen molar-refractivity contribution in [1.82, 2.24) is 19.5 Å². The van der Waals surface area contributed by atoms with Crippen LogP contribution in [0.1, 0.15) is 36.8 Å². The first-order chi connectivity index (χ1) is 12.2. The van der Waals surface area contributed by atoms with Gasteiger partial charge in [-0.05, 0) is 30.4 Å². The summed E-state index contributed by atoms with van der Waals surface area (Å²) in [6.07, 6.45) is 5.67. The van der Waals surface area contributed by atoms with E-state index in [1.165, 1.54) is 24.8 Å². The minimum atomic E-state index is -0.220. The van der Waals surface area contributed by atoms with E-state index in [4.69, 9.17) is 5.73 Å². The van der Waals surface area contributed by atoms with Crippen molar-refractivity contribution in [3.8, 4) is 0 Å². The van der Waals surface area contributed by atoms with Crippen molar-refractivity contribution < 1.29 is 0 Å². The molecule has 7 heteroatoms. The number of hydrogen-bond donors (Lipinski definition) is 3. The summed E-state index contributed by atoms with van der Waals surface area (Å²) < 4.78 is 1.62. The molecule has 1 aliphatic rings. The van der Waals surface area contributed by atoms with E-state index in [-0.39, 0.29) is 5.69 Å². The number of nitrogen functional groups attached to an aromatic ring is 1. The van der Waals surface area contributed by atoms with Gasteiger partial charge in [0.1, 0.15) is 5.52 Å². The molecule has 2 aromatic heterocycles. The molecule has 0 aliphatic carbocycles. The quantitative estimate of drug-likeness (QED) is 0.584. The third-order valence-corrected chi connectivity index (χ3v) is 4.66. The summed E-state index contributed by atoms with van der Waals surface area (Å²) >= 11 is 0. The number of nitrogens with zero attached hydrogens (tertiary/aromatic N) is 3. The van der Waals surface area contributed by atoms with Crippen LogP contribution in [0.5, 0.6) is 0 Å². The van der Waals surface area contributed by atoms with Gasteiger partial charge in [-0.3, -0.25) is 4.57 Å². The number of hydrogen-bond acceptors (Lipinski definition) is 5. The minimum absolute atomic E-state index is 0.220. The SMILES string of the molecule is Nc1nc2nc3c1[nH]c(=O)n3Cc1cccc(c1)CCCCCCN2. The van der Waals surface area contributed by atoms with Crippen LogP contribution in [0.4, 0.5) is 11.8 Å². The fourth-order valence-electron chi connectivity index (χ4n) is 3.35. The van der Waals surface area contributed by atoms with Crippen LogP contribution in [0.25, 0.3) is 11.2 Å². The zero-order valence-electron chi connectivity index (χ0n) is 14.1. The summed E-state index contributed by atoms with van der Waals surface area (Å²) in [5, 5.41) is 3.22. The number of imidazole rings is 1. The average molecular weight is 338 g/mol. The van der Waals surface area contributed by atoms with Crippen LogP contribution in [0, 0.1) is 0 Å². The third kappa shape index (κ3) is 3.22. The van der Waals surface area contributed by atoms with Gasteiger partial charge >= 0.3 is 5.69 Å². The highest BCUT2D eigenvalue weighted by atomic mass is 16.1. The van der Waals surface area contributed by atoms with Crippen LogP contribution < -0.4 is 16.7 Å². The van der Waals surface area contributed by atoms with Gasteiger partial charge in [-0.15, -0.1) is 0 Å². The molecule has 3 heterocycles. The Bertz CT molecular complexity index is 958. The summed E-state index contributed by atoms with van der Waals surface area (Å²) in [7, 11) is 0. The minimum Gasteiger partial charge on any atom is -0.382 e. The Kier molecular flexibility index (Phi) is 4.13. The zero-order valence-corrected chi connectivity index (χ0v) is 14.1. The molecular weight excluding hydrogens is 316 g/mol. The molecule has 0 saturated heterocycles. The average Bonchev–Trinajstić information content (AvgIpc) is 2.90. The van der Waals surface area contributed by atoms with Gasteiger partial charge < -0.3 is 16.0 Å². The summed E-state index contributed by atoms with van der Waals surface area (Å²) in [5.41, 5.74) is 9.24. The largest absolute Gasteiger partial charge is 0.382 e. The standard InChI is InChI=1S/C18H22N6O/c19-15-14-16-23-17(22-15)20-9-4-2-1-3-6-12-7-5-8-13(10-12)11-24(16)18(25)21-14/h5,7-8,10H,1-4,6,9,11H2,(H,21,25)(H3,19,20,22,23). The van der Waals surface area contributed by atoms with E-state index < -0.39 is 0 Å². The Morgan fingerprint density at radius 2 is 1.92 bits per heavy atom. The van der Waals surface area contributed by atoms with Crippen molar-refractivity contribution in [3.05, 3.63) is 45.9 Å². The van der Waals surface area contributed by atoms with Crippen molar-refractivity contribution in [2.45, 2.75) is 38.6 Å². The number of nitrogens with one attached hydrogen (secondary N) is 2. The van der Waals surface area contributed by atoms with Crippen LogP contribution in [0.15, 0.2) is 29.1 Å². The van der Waals surface area contributed by atoms with Gasteiger partial charge in [-0.1, -0.05) is 37.1 Å². The Morgan fingerprint density at radius 1 is 1.08 bits per heavy atom. The number of H-pyrrole nitrogens is 1. The lowest BCUT2D eigenvalue weighted by molar-refractivity contribution is 0.653. The van der Waals surface area contributed by atoms with Crippen molar-refractivity contribution in [3.63, 3.8) is 0 Å². The summed E-state index contributed by atoms with van der Waals surface area (Å²) in [5.74, 6) is 0.766. The maximum atomic E-state index is 12.4. The number of aromatic nitrogens is 4. The molecule has 0 spiro atoms. The molecule has 4 rings (SSSR count). The number of aryl methyl sites for hydroxylation is 1.